The monoisotopic (exact) mass is 462 g/mol. The first kappa shape index (κ1) is 23.9. The third-order valence-electron chi connectivity index (χ3n) is 5.23. The molecule has 1 unspecified atom stereocenters. The lowest BCUT2D eigenvalue weighted by molar-refractivity contribution is -0.0653. The lowest BCUT2D eigenvalue weighted by atomic mass is 9.82. The molecule has 4 nitrogen and oxygen atoms in total. The zero-order valence-electron chi connectivity index (χ0n) is 18.9. The molecule has 2 aromatic rings. The Morgan fingerprint density at radius 3 is 2.32 bits per heavy atom. The summed E-state index contributed by atoms with van der Waals surface area (Å²) in [4.78, 5) is 14.5. The van der Waals surface area contributed by atoms with Gasteiger partial charge in [-0.15, -0.1) is 0 Å². The predicted molar refractivity (Wildman–Crippen MR) is 128 cm³/mol. The van der Waals surface area contributed by atoms with Gasteiger partial charge in [-0.25, -0.2) is 4.79 Å². The summed E-state index contributed by atoms with van der Waals surface area (Å²) in [7, 11) is 0. The Labute approximate surface area is 195 Å². The highest BCUT2D eigenvalue weighted by molar-refractivity contribution is 6.35. The Kier molecular flexibility index (Phi) is 7.25. The van der Waals surface area contributed by atoms with Crippen molar-refractivity contribution in [1.82, 2.24) is 10.2 Å². The SMILES string of the molecule is CC(C)(C)CC(C)(C)NC(=O)N1CC(OC(c2ccccc2)c2ccc(Cl)cc2Cl)C1. The maximum absolute atomic E-state index is 12.7. The summed E-state index contributed by atoms with van der Waals surface area (Å²) < 4.78 is 6.42. The van der Waals surface area contributed by atoms with Gasteiger partial charge in [0.05, 0.1) is 19.2 Å². The minimum atomic E-state index is -0.321. The van der Waals surface area contributed by atoms with Gasteiger partial charge in [0, 0.05) is 21.1 Å². The fourth-order valence-electron chi connectivity index (χ4n) is 4.29. The first-order valence-electron chi connectivity index (χ1n) is 10.7. The van der Waals surface area contributed by atoms with Gasteiger partial charge in [-0.2, -0.15) is 0 Å². The summed E-state index contributed by atoms with van der Waals surface area (Å²) in [5.41, 5.74) is 1.75. The number of benzene rings is 2. The Bertz CT molecular complexity index is 903. The van der Waals surface area contributed by atoms with E-state index in [2.05, 4.69) is 39.9 Å². The third-order valence-corrected chi connectivity index (χ3v) is 5.79. The van der Waals surface area contributed by atoms with Crippen LogP contribution in [-0.2, 0) is 4.74 Å². The highest BCUT2D eigenvalue weighted by atomic mass is 35.5. The molecule has 0 bridgehead atoms. The minimum absolute atomic E-state index is 0.0464. The van der Waals surface area contributed by atoms with Crippen LogP contribution in [-0.4, -0.2) is 35.7 Å². The van der Waals surface area contributed by atoms with Crippen LogP contribution in [0.2, 0.25) is 10.0 Å². The molecule has 1 N–H and O–H groups in total. The van der Waals surface area contributed by atoms with E-state index in [4.69, 9.17) is 27.9 Å². The van der Waals surface area contributed by atoms with Crippen LogP contribution < -0.4 is 5.32 Å². The Balaban J connectivity index is 1.65. The summed E-state index contributed by atoms with van der Waals surface area (Å²) in [5, 5.41) is 4.32. The number of halogens is 2. The molecule has 0 radical (unpaired) electrons. The molecule has 1 saturated heterocycles. The van der Waals surface area contributed by atoms with E-state index in [0.717, 1.165) is 17.5 Å². The van der Waals surface area contributed by atoms with Gasteiger partial charge in [0.25, 0.3) is 0 Å². The van der Waals surface area contributed by atoms with Crippen molar-refractivity contribution in [3.05, 3.63) is 69.7 Å². The molecule has 1 aliphatic rings. The van der Waals surface area contributed by atoms with Crippen molar-refractivity contribution in [3.8, 4) is 0 Å². The Morgan fingerprint density at radius 1 is 1.10 bits per heavy atom. The number of hydrogen-bond acceptors (Lipinski definition) is 2. The van der Waals surface area contributed by atoms with Gasteiger partial charge in [0.15, 0.2) is 0 Å². The molecule has 0 aromatic heterocycles. The standard InChI is InChI=1S/C25H32Cl2N2O2/c1-24(2,3)16-25(4,5)28-23(30)29-14-19(15-29)31-22(17-9-7-6-8-10-17)20-12-11-18(26)13-21(20)27/h6-13,19,22H,14-16H2,1-5H3,(H,28,30). The van der Waals surface area contributed by atoms with Crippen LogP contribution in [0.25, 0.3) is 0 Å². The number of amides is 2. The average molecular weight is 463 g/mol. The Hall–Kier alpha value is -1.75. The van der Waals surface area contributed by atoms with Crippen LogP contribution in [0.3, 0.4) is 0 Å². The normalized spacial score (nSPS) is 16.0. The molecule has 1 heterocycles. The largest absolute Gasteiger partial charge is 0.362 e. The number of carbonyl (C=O) groups is 1. The quantitative estimate of drug-likeness (QED) is 0.518. The number of nitrogens with one attached hydrogen (secondary N) is 1. The van der Waals surface area contributed by atoms with Crippen molar-refractivity contribution in [2.75, 3.05) is 13.1 Å². The highest BCUT2D eigenvalue weighted by Crippen LogP contribution is 2.35. The molecule has 6 heteroatoms. The number of hydrogen-bond donors (Lipinski definition) is 1. The molecular weight excluding hydrogens is 431 g/mol. The van der Waals surface area contributed by atoms with Crippen LogP contribution >= 0.6 is 23.2 Å². The average Bonchev–Trinajstić information content (AvgIpc) is 2.59. The highest BCUT2D eigenvalue weighted by Gasteiger charge is 2.37. The number of nitrogens with zero attached hydrogens (tertiary/aromatic N) is 1. The lowest BCUT2D eigenvalue weighted by Gasteiger charge is -2.43. The van der Waals surface area contributed by atoms with Crippen molar-refractivity contribution in [2.45, 2.75) is 58.8 Å². The van der Waals surface area contributed by atoms with Crippen molar-refractivity contribution in [3.63, 3.8) is 0 Å². The van der Waals surface area contributed by atoms with E-state index in [1.165, 1.54) is 0 Å². The van der Waals surface area contributed by atoms with Gasteiger partial charge < -0.3 is 15.0 Å². The van der Waals surface area contributed by atoms with Gasteiger partial charge >= 0.3 is 6.03 Å². The van der Waals surface area contributed by atoms with Gasteiger partial charge in [0.2, 0.25) is 0 Å². The summed E-state index contributed by atoms with van der Waals surface area (Å²) >= 11 is 12.6. The molecule has 0 saturated carbocycles. The van der Waals surface area contributed by atoms with Crippen LogP contribution in [0.4, 0.5) is 4.79 Å². The molecule has 0 spiro atoms. The fraction of sp³-hybridized carbons (Fsp3) is 0.480. The third kappa shape index (κ3) is 6.61. The predicted octanol–water partition coefficient (Wildman–Crippen LogP) is 6.71. The van der Waals surface area contributed by atoms with Crippen LogP contribution in [0, 0.1) is 5.41 Å². The fourth-order valence-corrected chi connectivity index (χ4v) is 4.80. The first-order chi connectivity index (χ1) is 14.4. The van der Waals surface area contributed by atoms with E-state index < -0.39 is 0 Å². The number of ether oxygens (including phenoxy) is 1. The van der Waals surface area contributed by atoms with E-state index in [0.29, 0.717) is 23.1 Å². The Morgan fingerprint density at radius 2 is 1.74 bits per heavy atom. The van der Waals surface area contributed by atoms with Crippen molar-refractivity contribution in [1.29, 1.82) is 0 Å². The zero-order valence-corrected chi connectivity index (χ0v) is 20.4. The van der Waals surface area contributed by atoms with Gasteiger partial charge in [-0.3, -0.25) is 0 Å². The van der Waals surface area contributed by atoms with Crippen molar-refractivity contribution < 1.29 is 9.53 Å². The van der Waals surface area contributed by atoms with E-state index in [1.807, 2.05) is 42.5 Å². The molecular formula is C25H32Cl2N2O2. The second-order valence-corrected chi connectivity index (χ2v) is 11.0. The first-order valence-corrected chi connectivity index (χ1v) is 11.4. The van der Waals surface area contributed by atoms with E-state index in [9.17, 15) is 4.79 Å². The summed E-state index contributed by atoms with van der Waals surface area (Å²) in [6.07, 6.45) is 0.511. The van der Waals surface area contributed by atoms with Gasteiger partial charge in [-0.1, -0.05) is 80.4 Å². The molecule has 0 aliphatic carbocycles. The van der Waals surface area contributed by atoms with Crippen LogP contribution in [0.15, 0.2) is 48.5 Å². The lowest BCUT2D eigenvalue weighted by Crippen LogP contribution is -2.61. The van der Waals surface area contributed by atoms with Crippen LogP contribution in [0.1, 0.15) is 58.3 Å². The number of rotatable bonds is 6. The van der Waals surface area contributed by atoms with E-state index in [-0.39, 0.29) is 29.2 Å². The molecule has 2 aromatic carbocycles. The maximum atomic E-state index is 12.7. The zero-order chi connectivity index (χ0) is 22.8. The van der Waals surface area contributed by atoms with Gasteiger partial charge in [-0.05, 0) is 43.4 Å². The van der Waals surface area contributed by atoms with E-state index >= 15 is 0 Å². The number of likely N-dealkylation sites (tertiary alicyclic amines) is 1. The van der Waals surface area contributed by atoms with Gasteiger partial charge in [0.1, 0.15) is 6.10 Å². The molecule has 1 atom stereocenters. The van der Waals surface area contributed by atoms with Crippen molar-refractivity contribution >= 4 is 29.2 Å². The summed E-state index contributed by atoms with van der Waals surface area (Å²) in [5.74, 6) is 0. The second-order valence-electron chi connectivity index (χ2n) is 10.2. The topological polar surface area (TPSA) is 41.6 Å². The molecule has 1 aliphatic heterocycles. The molecule has 3 rings (SSSR count). The summed E-state index contributed by atoms with van der Waals surface area (Å²) in [6, 6.07) is 15.4. The van der Waals surface area contributed by atoms with Crippen LogP contribution in [0.5, 0.6) is 0 Å². The number of carbonyl (C=O) groups excluding carboxylic acids is 1. The van der Waals surface area contributed by atoms with Crippen molar-refractivity contribution in [2.24, 2.45) is 5.41 Å². The molecule has 1 fully saturated rings. The second kappa shape index (κ2) is 9.40. The number of urea groups is 1. The minimum Gasteiger partial charge on any atom is -0.362 e. The smallest absolute Gasteiger partial charge is 0.317 e. The summed E-state index contributed by atoms with van der Waals surface area (Å²) in [6.45, 7) is 11.8. The molecule has 31 heavy (non-hydrogen) atoms. The molecule has 168 valence electrons. The molecule has 2 amide bonds. The maximum Gasteiger partial charge on any atom is 0.317 e. The van der Waals surface area contributed by atoms with E-state index in [1.54, 1.807) is 11.0 Å².